The zero-order valence-corrected chi connectivity index (χ0v) is 14.8. The van der Waals surface area contributed by atoms with Gasteiger partial charge in [0.1, 0.15) is 5.69 Å². The molecular weight excluding hydrogens is 336 g/mol. The molecule has 0 bridgehead atoms. The molecule has 1 heterocycles. The van der Waals surface area contributed by atoms with Crippen LogP contribution in [0.3, 0.4) is 0 Å². The fourth-order valence-corrected chi connectivity index (χ4v) is 2.44. The maximum Gasteiger partial charge on any atom is 0.337 e. The number of carboxylic acids is 1. The SMILES string of the molecule is Cc1nc(C(=O)N(C)CC(O)COCc2ccccc2)ccc1C(=O)O. The van der Waals surface area contributed by atoms with Gasteiger partial charge in [0, 0.05) is 13.6 Å². The second-order valence-corrected chi connectivity index (χ2v) is 5.97. The molecule has 0 aliphatic heterocycles. The summed E-state index contributed by atoms with van der Waals surface area (Å²) in [5.41, 5.74) is 1.46. The number of aryl methyl sites for hydroxylation is 1. The van der Waals surface area contributed by atoms with Gasteiger partial charge >= 0.3 is 5.97 Å². The molecule has 2 N–H and O–H groups in total. The van der Waals surface area contributed by atoms with Crippen molar-refractivity contribution >= 4 is 11.9 Å². The topological polar surface area (TPSA) is 100.0 Å². The Morgan fingerprint density at radius 2 is 1.88 bits per heavy atom. The van der Waals surface area contributed by atoms with E-state index in [4.69, 9.17) is 9.84 Å². The molecule has 1 aromatic heterocycles. The van der Waals surface area contributed by atoms with Crippen molar-refractivity contribution in [3.8, 4) is 0 Å². The van der Waals surface area contributed by atoms with E-state index in [0.29, 0.717) is 6.61 Å². The van der Waals surface area contributed by atoms with Crippen LogP contribution in [0, 0.1) is 6.92 Å². The Morgan fingerprint density at radius 3 is 2.50 bits per heavy atom. The number of nitrogens with zero attached hydrogens (tertiary/aromatic N) is 2. The van der Waals surface area contributed by atoms with E-state index in [1.54, 1.807) is 7.05 Å². The highest BCUT2D eigenvalue weighted by Gasteiger charge is 2.18. The van der Waals surface area contributed by atoms with E-state index in [1.807, 2.05) is 30.3 Å². The molecule has 138 valence electrons. The largest absolute Gasteiger partial charge is 0.478 e. The number of aromatic carboxylic acids is 1. The van der Waals surface area contributed by atoms with Crippen LogP contribution in [0.15, 0.2) is 42.5 Å². The maximum absolute atomic E-state index is 12.4. The summed E-state index contributed by atoms with van der Waals surface area (Å²) in [7, 11) is 1.55. The van der Waals surface area contributed by atoms with Crippen molar-refractivity contribution in [3.63, 3.8) is 0 Å². The molecule has 26 heavy (non-hydrogen) atoms. The minimum Gasteiger partial charge on any atom is -0.478 e. The summed E-state index contributed by atoms with van der Waals surface area (Å²) >= 11 is 0. The number of ether oxygens (including phenoxy) is 1. The highest BCUT2D eigenvalue weighted by Crippen LogP contribution is 2.09. The first-order valence-electron chi connectivity index (χ1n) is 8.14. The monoisotopic (exact) mass is 358 g/mol. The first-order valence-corrected chi connectivity index (χ1v) is 8.14. The number of carboxylic acid groups (broad SMARTS) is 1. The zero-order chi connectivity index (χ0) is 19.1. The Bertz CT molecular complexity index is 764. The van der Waals surface area contributed by atoms with Crippen molar-refractivity contribution in [3.05, 3.63) is 65.0 Å². The Morgan fingerprint density at radius 1 is 1.19 bits per heavy atom. The lowest BCUT2D eigenvalue weighted by Gasteiger charge is -2.21. The number of aliphatic hydroxyl groups excluding tert-OH is 1. The van der Waals surface area contributed by atoms with Crippen molar-refractivity contribution in [2.45, 2.75) is 19.6 Å². The third kappa shape index (κ3) is 5.37. The van der Waals surface area contributed by atoms with E-state index in [0.717, 1.165) is 5.56 Å². The highest BCUT2D eigenvalue weighted by atomic mass is 16.5. The number of aliphatic hydroxyl groups is 1. The number of rotatable bonds is 8. The quantitative estimate of drug-likeness (QED) is 0.746. The summed E-state index contributed by atoms with van der Waals surface area (Å²) < 4.78 is 5.46. The number of hydrogen-bond donors (Lipinski definition) is 2. The van der Waals surface area contributed by atoms with Crippen molar-refractivity contribution in [1.29, 1.82) is 0 Å². The minimum absolute atomic E-state index is 0.0542. The van der Waals surface area contributed by atoms with Crippen LogP contribution in [-0.2, 0) is 11.3 Å². The van der Waals surface area contributed by atoms with Gasteiger partial charge in [0.15, 0.2) is 0 Å². The number of pyridine rings is 1. The predicted molar refractivity (Wildman–Crippen MR) is 95.0 cm³/mol. The molecule has 1 unspecified atom stereocenters. The fraction of sp³-hybridized carbons (Fsp3) is 0.316. The normalized spacial score (nSPS) is 11.8. The molecule has 7 heteroatoms. The predicted octanol–water partition coefficient (Wildman–Crippen LogP) is 1.74. The molecule has 2 aromatic rings. The molecule has 0 aliphatic rings. The van der Waals surface area contributed by atoms with Gasteiger partial charge in [0.05, 0.1) is 30.6 Å². The third-order valence-corrected chi connectivity index (χ3v) is 3.79. The van der Waals surface area contributed by atoms with Gasteiger partial charge in [-0.05, 0) is 24.6 Å². The van der Waals surface area contributed by atoms with Crippen molar-refractivity contribution < 1.29 is 24.5 Å². The lowest BCUT2D eigenvalue weighted by Crippen LogP contribution is -2.36. The molecule has 1 amide bonds. The molecule has 2 rings (SSSR count). The van der Waals surface area contributed by atoms with Crippen LogP contribution in [0.4, 0.5) is 0 Å². The lowest BCUT2D eigenvalue weighted by atomic mass is 10.2. The van der Waals surface area contributed by atoms with Gasteiger partial charge < -0.3 is 19.8 Å². The fourth-order valence-electron chi connectivity index (χ4n) is 2.44. The Hall–Kier alpha value is -2.77. The molecule has 0 fully saturated rings. The minimum atomic E-state index is -1.09. The highest BCUT2D eigenvalue weighted by molar-refractivity contribution is 5.94. The van der Waals surface area contributed by atoms with Crippen LogP contribution in [0.2, 0.25) is 0 Å². The van der Waals surface area contributed by atoms with E-state index in [1.165, 1.54) is 24.0 Å². The van der Waals surface area contributed by atoms with Gasteiger partial charge in [-0.15, -0.1) is 0 Å². The molecule has 1 aromatic carbocycles. The standard InChI is InChI=1S/C19H22N2O5/c1-13-16(19(24)25)8-9-17(20-13)18(23)21(2)10-15(22)12-26-11-14-6-4-3-5-7-14/h3-9,15,22H,10-12H2,1-2H3,(H,24,25). The molecule has 0 radical (unpaired) electrons. The number of aromatic nitrogens is 1. The number of benzene rings is 1. The summed E-state index contributed by atoms with van der Waals surface area (Å²) in [4.78, 5) is 28.7. The van der Waals surface area contributed by atoms with Crippen LogP contribution < -0.4 is 0 Å². The number of carbonyl (C=O) groups excluding carboxylic acids is 1. The number of hydrogen-bond acceptors (Lipinski definition) is 5. The summed E-state index contributed by atoms with van der Waals surface area (Å²) in [5.74, 6) is -1.49. The van der Waals surface area contributed by atoms with Gasteiger partial charge in [-0.1, -0.05) is 30.3 Å². The zero-order valence-electron chi connectivity index (χ0n) is 14.8. The van der Waals surface area contributed by atoms with Gasteiger partial charge in [0.25, 0.3) is 5.91 Å². The summed E-state index contributed by atoms with van der Waals surface area (Å²) in [6.07, 6.45) is -0.841. The molecule has 0 aliphatic carbocycles. The average Bonchev–Trinajstić information content (AvgIpc) is 2.61. The Labute approximate surface area is 151 Å². The summed E-state index contributed by atoms with van der Waals surface area (Å²) in [6.45, 7) is 2.09. The van der Waals surface area contributed by atoms with Gasteiger partial charge in [0.2, 0.25) is 0 Å². The van der Waals surface area contributed by atoms with Crippen LogP contribution >= 0.6 is 0 Å². The van der Waals surface area contributed by atoms with E-state index in [2.05, 4.69) is 4.98 Å². The molecule has 7 nitrogen and oxygen atoms in total. The Balaban J connectivity index is 1.86. The van der Waals surface area contributed by atoms with Gasteiger partial charge in [-0.25, -0.2) is 9.78 Å². The number of likely N-dealkylation sites (N-methyl/N-ethyl adjacent to an activating group) is 1. The van der Waals surface area contributed by atoms with Crippen molar-refractivity contribution in [2.24, 2.45) is 0 Å². The first kappa shape index (κ1) is 19.6. The maximum atomic E-state index is 12.4. The molecular formula is C19H22N2O5. The molecule has 0 saturated carbocycles. The van der Waals surface area contributed by atoms with Gasteiger partial charge in [-0.3, -0.25) is 4.79 Å². The van der Waals surface area contributed by atoms with E-state index < -0.39 is 18.0 Å². The number of amides is 1. The Kier molecular flexibility index (Phi) is 6.82. The summed E-state index contributed by atoms with van der Waals surface area (Å²) in [5, 5.41) is 19.1. The van der Waals surface area contributed by atoms with E-state index in [9.17, 15) is 14.7 Å². The van der Waals surface area contributed by atoms with E-state index in [-0.39, 0.29) is 30.1 Å². The smallest absolute Gasteiger partial charge is 0.337 e. The number of carbonyl (C=O) groups is 2. The lowest BCUT2D eigenvalue weighted by molar-refractivity contribution is 0.0136. The summed E-state index contributed by atoms with van der Waals surface area (Å²) in [6, 6.07) is 12.3. The molecule has 1 atom stereocenters. The van der Waals surface area contributed by atoms with Crippen LogP contribution in [0.1, 0.15) is 32.1 Å². The third-order valence-electron chi connectivity index (χ3n) is 3.79. The van der Waals surface area contributed by atoms with Gasteiger partial charge in [-0.2, -0.15) is 0 Å². The van der Waals surface area contributed by atoms with Crippen LogP contribution in [-0.4, -0.2) is 58.3 Å². The average molecular weight is 358 g/mol. The van der Waals surface area contributed by atoms with Crippen molar-refractivity contribution in [1.82, 2.24) is 9.88 Å². The van der Waals surface area contributed by atoms with Crippen LogP contribution in [0.5, 0.6) is 0 Å². The first-order chi connectivity index (χ1) is 12.4. The van der Waals surface area contributed by atoms with E-state index >= 15 is 0 Å². The van der Waals surface area contributed by atoms with Crippen LogP contribution in [0.25, 0.3) is 0 Å². The second-order valence-electron chi connectivity index (χ2n) is 5.97. The van der Waals surface area contributed by atoms with Crippen molar-refractivity contribution in [2.75, 3.05) is 20.2 Å². The second kappa shape index (κ2) is 9.07. The molecule has 0 spiro atoms. The molecule has 0 saturated heterocycles.